The Labute approximate surface area is 161 Å². The molecule has 0 aliphatic rings. The lowest BCUT2D eigenvalue weighted by Gasteiger charge is -2.09. The maximum absolute atomic E-state index is 12.9. The van der Waals surface area contributed by atoms with Crippen LogP contribution in [0.2, 0.25) is 0 Å². The average molecular weight is 371 g/mol. The van der Waals surface area contributed by atoms with E-state index >= 15 is 0 Å². The second kappa shape index (κ2) is 7.28. The molecule has 138 valence electrons. The normalized spacial score (nSPS) is 10.6. The van der Waals surface area contributed by atoms with Gasteiger partial charge in [0, 0.05) is 37.4 Å². The number of nitrogens with one attached hydrogen (secondary N) is 1. The maximum atomic E-state index is 12.9. The first-order valence-corrected chi connectivity index (χ1v) is 8.55. The van der Waals surface area contributed by atoms with Crippen molar-refractivity contribution in [2.24, 2.45) is 7.05 Å². The molecular weight excluding hydrogens is 354 g/mol. The van der Waals surface area contributed by atoms with Gasteiger partial charge < -0.3 is 11.1 Å². The van der Waals surface area contributed by atoms with E-state index in [4.69, 9.17) is 5.73 Å². The van der Waals surface area contributed by atoms with Crippen molar-refractivity contribution in [3.8, 4) is 22.6 Å². The third-order valence-electron chi connectivity index (χ3n) is 4.08. The van der Waals surface area contributed by atoms with Crippen LogP contribution < -0.4 is 11.1 Å². The molecule has 0 aliphatic heterocycles. The summed E-state index contributed by atoms with van der Waals surface area (Å²) in [5, 5.41) is 7.24. The van der Waals surface area contributed by atoms with Gasteiger partial charge >= 0.3 is 0 Å². The molecule has 0 saturated heterocycles. The first-order chi connectivity index (χ1) is 13.6. The van der Waals surface area contributed by atoms with E-state index in [9.17, 15) is 4.79 Å². The minimum absolute atomic E-state index is 0.136. The lowest BCUT2D eigenvalue weighted by Crippen LogP contribution is -2.16. The number of hydrogen-bond donors (Lipinski definition) is 2. The lowest BCUT2D eigenvalue weighted by molar-refractivity contribution is 0.102. The van der Waals surface area contributed by atoms with Crippen LogP contribution in [-0.4, -0.2) is 30.6 Å². The van der Waals surface area contributed by atoms with E-state index < -0.39 is 5.91 Å². The van der Waals surface area contributed by atoms with Crippen LogP contribution in [0.4, 0.5) is 11.4 Å². The summed E-state index contributed by atoms with van der Waals surface area (Å²) in [6.07, 6.45) is 6.74. The van der Waals surface area contributed by atoms with Gasteiger partial charge in [-0.3, -0.25) is 19.4 Å². The van der Waals surface area contributed by atoms with E-state index in [-0.39, 0.29) is 11.4 Å². The Balaban J connectivity index is 1.67. The van der Waals surface area contributed by atoms with Crippen LogP contribution in [0.25, 0.3) is 22.6 Å². The van der Waals surface area contributed by atoms with Crippen molar-refractivity contribution in [1.29, 1.82) is 0 Å². The number of rotatable bonds is 4. The van der Waals surface area contributed by atoms with Crippen molar-refractivity contribution in [2.45, 2.75) is 0 Å². The number of aryl methyl sites for hydroxylation is 1. The number of nitrogens with zero attached hydrogens (tertiary/aromatic N) is 5. The first kappa shape index (κ1) is 17.3. The summed E-state index contributed by atoms with van der Waals surface area (Å²) < 4.78 is 1.61. The minimum Gasteiger partial charge on any atom is -0.397 e. The fourth-order valence-corrected chi connectivity index (χ4v) is 2.78. The topological polar surface area (TPSA) is 112 Å². The van der Waals surface area contributed by atoms with Crippen LogP contribution >= 0.6 is 0 Å². The van der Waals surface area contributed by atoms with Crippen LogP contribution in [0.15, 0.2) is 67.3 Å². The molecule has 0 bridgehead atoms. The number of nitrogen functional groups attached to an aromatic ring is 1. The number of nitrogens with two attached hydrogens (primary N) is 1. The van der Waals surface area contributed by atoms with E-state index in [1.54, 1.807) is 48.6 Å². The third kappa shape index (κ3) is 3.43. The summed E-state index contributed by atoms with van der Waals surface area (Å²) in [7, 11) is 1.78. The number of carbonyl (C=O) groups excluding carboxylic acids is 1. The summed E-state index contributed by atoms with van der Waals surface area (Å²) in [5.74, 6) is -0.423. The zero-order valence-corrected chi connectivity index (χ0v) is 15.1. The van der Waals surface area contributed by atoms with Crippen LogP contribution in [0.1, 0.15) is 10.5 Å². The highest BCUT2D eigenvalue weighted by Crippen LogP contribution is 2.26. The largest absolute Gasteiger partial charge is 0.397 e. The van der Waals surface area contributed by atoms with Crippen molar-refractivity contribution < 1.29 is 4.79 Å². The van der Waals surface area contributed by atoms with Gasteiger partial charge in [-0.1, -0.05) is 6.07 Å². The van der Waals surface area contributed by atoms with Crippen molar-refractivity contribution >= 4 is 17.3 Å². The van der Waals surface area contributed by atoms with Crippen LogP contribution in [0, 0.1) is 0 Å². The second-order valence-corrected chi connectivity index (χ2v) is 6.11. The molecule has 0 spiro atoms. The zero-order valence-electron chi connectivity index (χ0n) is 15.1. The fraction of sp³-hybridized carbons (Fsp3) is 0.0500. The van der Waals surface area contributed by atoms with E-state index in [2.05, 4.69) is 25.4 Å². The Kier molecular flexibility index (Phi) is 4.51. The quantitative estimate of drug-likeness (QED) is 0.570. The second-order valence-electron chi connectivity index (χ2n) is 6.11. The van der Waals surface area contributed by atoms with Gasteiger partial charge in [-0.15, -0.1) is 0 Å². The smallest absolute Gasteiger partial charge is 0.276 e. The predicted octanol–water partition coefficient (Wildman–Crippen LogP) is 2.77. The molecule has 1 amide bonds. The summed E-state index contributed by atoms with van der Waals surface area (Å²) in [5.41, 5.74) is 9.59. The van der Waals surface area contributed by atoms with Gasteiger partial charge in [-0.25, -0.2) is 4.98 Å². The number of carbonyl (C=O) groups is 1. The highest BCUT2D eigenvalue weighted by Gasteiger charge is 2.18. The molecule has 4 rings (SSSR count). The molecule has 0 unspecified atom stereocenters. The molecule has 0 fully saturated rings. The highest BCUT2D eigenvalue weighted by atomic mass is 16.1. The summed E-state index contributed by atoms with van der Waals surface area (Å²) in [6, 6.07) is 12.6. The van der Waals surface area contributed by atoms with Gasteiger partial charge in [0.05, 0.1) is 22.8 Å². The van der Waals surface area contributed by atoms with Crippen LogP contribution in [0.3, 0.4) is 0 Å². The van der Waals surface area contributed by atoms with Gasteiger partial charge in [0.15, 0.2) is 5.69 Å². The Morgan fingerprint density at radius 3 is 2.71 bits per heavy atom. The predicted molar refractivity (Wildman–Crippen MR) is 106 cm³/mol. The highest BCUT2D eigenvalue weighted by molar-refractivity contribution is 6.07. The van der Waals surface area contributed by atoms with Gasteiger partial charge in [0.25, 0.3) is 5.91 Å². The molecule has 0 atom stereocenters. The summed E-state index contributed by atoms with van der Waals surface area (Å²) in [4.78, 5) is 25.7. The Hall–Kier alpha value is -4.07. The zero-order chi connectivity index (χ0) is 19.5. The summed E-state index contributed by atoms with van der Waals surface area (Å²) in [6.45, 7) is 0. The average Bonchev–Trinajstić information content (AvgIpc) is 3.09. The number of hydrogen-bond acceptors (Lipinski definition) is 6. The van der Waals surface area contributed by atoms with Crippen molar-refractivity contribution in [1.82, 2.24) is 24.7 Å². The van der Waals surface area contributed by atoms with Gasteiger partial charge in [0.1, 0.15) is 5.69 Å². The number of pyridine rings is 3. The maximum Gasteiger partial charge on any atom is 0.276 e. The van der Waals surface area contributed by atoms with E-state index in [0.29, 0.717) is 22.8 Å². The molecule has 4 aromatic rings. The Bertz CT molecular complexity index is 1120. The molecule has 0 aliphatic carbocycles. The first-order valence-electron chi connectivity index (χ1n) is 8.55. The Morgan fingerprint density at radius 1 is 1.07 bits per heavy atom. The van der Waals surface area contributed by atoms with Gasteiger partial charge in [0.2, 0.25) is 0 Å². The van der Waals surface area contributed by atoms with Crippen LogP contribution in [0.5, 0.6) is 0 Å². The van der Waals surface area contributed by atoms with E-state index in [1.165, 1.54) is 0 Å². The minimum atomic E-state index is -0.423. The van der Waals surface area contributed by atoms with Gasteiger partial charge in [-0.2, -0.15) is 5.10 Å². The SMILES string of the molecule is Cn1cc(NC(=O)c2nc(-c3cccnc3)ccc2N)c(-c2ccccn2)n1. The third-order valence-corrected chi connectivity index (χ3v) is 4.08. The molecule has 28 heavy (non-hydrogen) atoms. The lowest BCUT2D eigenvalue weighted by atomic mass is 10.1. The van der Waals surface area contributed by atoms with E-state index in [1.807, 2.05) is 30.3 Å². The molecule has 0 saturated carbocycles. The molecule has 0 radical (unpaired) electrons. The Morgan fingerprint density at radius 2 is 1.96 bits per heavy atom. The van der Waals surface area contributed by atoms with Crippen LogP contribution in [-0.2, 0) is 7.05 Å². The molecule has 8 nitrogen and oxygen atoms in total. The number of anilines is 2. The molecule has 0 aromatic carbocycles. The molecular formula is C20H17N7O. The van der Waals surface area contributed by atoms with Crippen molar-refractivity contribution in [3.63, 3.8) is 0 Å². The molecule has 3 N–H and O–H groups in total. The van der Waals surface area contributed by atoms with E-state index in [0.717, 1.165) is 5.56 Å². The standard InChI is InChI=1S/C20H17N7O/c1-27-12-17(19(26-27)16-6-2-3-10-23-16)25-20(28)18-14(21)7-8-15(24-18)13-5-4-9-22-11-13/h2-12H,21H2,1H3,(H,25,28). The monoisotopic (exact) mass is 371 g/mol. The molecule has 8 heteroatoms. The number of amides is 1. The number of aromatic nitrogens is 5. The summed E-state index contributed by atoms with van der Waals surface area (Å²) >= 11 is 0. The van der Waals surface area contributed by atoms with Gasteiger partial charge in [-0.05, 0) is 36.4 Å². The molecule has 4 aromatic heterocycles. The van der Waals surface area contributed by atoms with Crippen molar-refractivity contribution in [2.75, 3.05) is 11.1 Å². The molecule has 4 heterocycles. The fourth-order valence-electron chi connectivity index (χ4n) is 2.78. The van der Waals surface area contributed by atoms with Crippen molar-refractivity contribution in [3.05, 3.63) is 72.9 Å².